The number of aliphatic imine (C=N–C) groups is 1. The summed E-state index contributed by atoms with van der Waals surface area (Å²) < 4.78 is 12.4. The molecule has 2 aromatic carbocycles. The summed E-state index contributed by atoms with van der Waals surface area (Å²) in [5, 5.41) is 1.07. The van der Waals surface area contributed by atoms with E-state index in [1.807, 2.05) is 30.3 Å². The summed E-state index contributed by atoms with van der Waals surface area (Å²) in [6.07, 6.45) is 4.64. The minimum Gasteiger partial charge on any atom is -0.482 e. The molecule has 2 aliphatic heterocycles. The zero-order chi connectivity index (χ0) is 21.4. The van der Waals surface area contributed by atoms with Crippen LogP contribution in [0.2, 0.25) is 0 Å². The van der Waals surface area contributed by atoms with Gasteiger partial charge < -0.3 is 14.4 Å². The quantitative estimate of drug-likeness (QED) is 0.456. The Kier molecular flexibility index (Phi) is 5.03. The fourth-order valence-electron chi connectivity index (χ4n) is 4.07. The van der Waals surface area contributed by atoms with Gasteiger partial charge in [-0.25, -0.2) is 9.79 Å². The standard InChI is InChI=1S/C24H21N3O3S/c1-29-22(28)15-30-17-7-8-20-19(13-17)18-10-12-26(14-16-5-3-2-4-6-16)24(31)23(18)27(20)21-9-11-25-21/h2-9,11,13H,10,12,14-15H2,1H3. The third kappa shape index (κ3) is 3.51. The minimum atomic E-state index is -0.411. The van der Waals surface area contributed by atoms with Crippen molar-refractivity contribution in [3.63, 3.8) is 0 Å². The molecule has 31 heavy (non-hydrogen) atoms. The number of hydrogen-bond acceptors (Lipinski definition) is 5. The summed E-state index contributed by atoms with van der Waals surface area (Å²) in [4.78, 5) is 19.0. The van der Waals surface area contributed by atoms with Gasteiger partial charge in [0.15, 0.2) is 6.61 Å². The van der Waals surface area contributed by atoms with Gasteiger partial charge in [-0.2, -0.15) is 0 Å². The molecule has 0 bridgehead atoms. The molecule has 3 aromatic rings. The Labute approximate surface area is 185 Å². The van der Waals surface area contributed by atoms with Gasteiger partial charge in [-0.15, -0.1) is 0 Å². The average molecular weight is 432 g/mol. The first-order chi connectivity index (χ1) is 15.2. The van der Waals surface area contributed by atoms with Crippen LogP contribution in [0.15, 0.2) is 65.8 Å². The number of nitrogens with zero attached hydrogens (tertiary/aromatic N) is 3. The minimum absolute atomic E-state index is 0.121. The van der Waals surface area contributed by atoms with Gasteiger partial charge in [-0.1, -0.05) is 42.5 Å². The highest BCUT2D eigenvalue weighted by atomic mass is 32.1. The topological polar surface area (TPSA) is 56.1 Å². The van der Waals surface area contributed by atoms with Crippen LogP contribution >= 0.6 is 12.2 Å². The monoisotopic (exact) mass is 431 g/mol. The maximum atomic E-state index is 11.5. The lowest BCUT2D eigenvalue weighted by Crippen LogP contribution is -2.38. The molecule has 0 unspecified atom stereocenters. The second-order valence-electron chi connectivity index (χ2n) is 7.47. The molecular formula is C24H21N3O3S. The number of rotatable bonds is 5. The van der Waals surface area contributed by atoms with Crippen LogP contribution in [0.1, 0.15) is 16.8 Å². The van der Waals surface area contributed by atoms with Gasteiger partial charge in [-0.05, 0) is 41.8 Å². The highest BCUT2D eigenvalue weighted by Crippen LogP contribution is 2.35. The maximum absolute atomic E-state index is 11.5. The zero-order valence-corrected chi connectivity index (χ0v) is 17.9. The van der Waals surface area contributed by atoms with Crippen molar-refractivity contribution in [3.8, 4) is 5.75 Å². The predicted octanol–water partition coefficient (Wildman–Crippen LogP) is 3.70. The molecule has 0 saturated carbocycles. The molecule has 156 valence electrons. The predicted molar refractivity (Wildman–Crippen MR) is 124 cm³/mol. The number of carbonyl (C=O) groups excluding carboxylic acids is 1. The van der Waals surface area contributed by atoms with E-state index in [9.17, 15) is 4.79 Å². The van der Waals surface area contributed by atoms with Crippen molar-refractivity contribution in [1.29, 1.82) is 0 Å². The molecule has 0 aliphatic carbocycles. The van der Waals surface area contributed by atoms with Gasteiger partial charge in [0.2, 0.25) is 0 Å². The van der Waals surface area contributed by atoms with Crippen molar-refractivity contribution >= 4 is 39.9 Å². The van der Waals surface area contributed by atoms with Crippen molar-refractivity contribution in [2.24, 2.45) is 4.99 Å². The molecule has 7 heteroatoms. The number of ether oxygens (including phenoxy) is 2. The Morgan fingerprint density at radius 3 is 2.71 bits per heavy atom. The molecule has 0 atom stereocenters. The van der Waals surface area contributed by atoms with Crippen LogP contribution in [-0.4, -0.2) is 46.5 Å². The van der Waals surface area contributed by atoms with E-state index in [1.165, 1.54) is 18.2 Å². The molecule has 0 N–H and O–H groups in total. The Morgan fingerprint density at radius 2 is 2.00 bits per heavy atom. The van der Waals surface area contributed by atoms with E-state index in [0.717, 1.165) is 46.9 Å². The number of hydrogen-bond donors (Lipinski definition) is 0. The van der Waals surface area contributed by atoms with Crippen molar-refractivity contribution in [2.45, 2.75) is 13.0 Å². The SMILES string of the molecule is COC(=O)COc1ccc2c(c1)c1c(n2C2=NC=C2)C(=S)N(Cc2ccccc2)CC1. The fraction of sp³-hybridized carbons (Fsp3) is 0.208. The molecule has 5 rings (SSSR count). The largest absolute Gasteiger partial charge is 0.482 e. The Balaban J connectivity index is 1.54. The number of methoxy groups -OCH3 is 1. The number of allylic oxidation sites excluding steroid dienone is 1. The lowest BCUT2D eigenvalue weighted by molar-refractivity contribution is -0.142. The van der Waals surface area contributed by atoms with Gasteiger partial charge in [-0.3, -0.25) is 4.57 Å². The summed E-state index contributed by atoms with van der Waals surface area (Å²) in [7, 11) is 1.35. The van der Waals surface area contributed by atoms with E-state index < -0.39 is 5.97 Å². The van der Waals surface area contributed by atoms with Gasteiger partial charge in [0.05, 0.1) is 18.3 Å². The molecule has 6 nitrogen and oxygen atoms in total. The van der Waals surface area contributed by atoms with Crippen LogP contribution in [0.3, 0.4) is 0 Å². The molecule has 0 spiro atoms. The molecule has 0 radical (unpaired) electrons. The molecule has 2 aliphatic rings. The summed E-state index contributed by atoms with van der Waals surface area (Å²) in [5.74, 6) is 1.09. The maximum Gasteiger partial charge on any atom is 0.343 e. The second kappa shape index (κ2) is 8.00. The van der Waals surface area contributed by atoms with E-state index in [4.69, 9.17) is 17.0 Å². The number of esters is 1. The highest BCUT2D eigenvalue weighted by molar-refractivity contribution is 7.80. The van der Waals surface area contributed by atoms with Gasteiger partial charge >= 0.3 is 5.97 Å². The number of aromatic nitrogens is 1. The summed E-state index contributed by atoms with van der Waals surface area (Å²) in [6, 6.07) is 16.2. The molecular weight excluding hydrogens is 410 g/mol. The van der Waals surface area contributed by atoms with Crippen molar-refractivity contribution in [3.05, 3.63) is 77.6 Å². The van der Waals surface area contributed by atoms with Crippen molar-refractivity contribution < 1.29 is 14.3 Å². The summed E-state index contributed by atoms with van der Waals surface area (Å²) in [5.41, 5.74) is 4.47. The van der Waals surface area contributed by atoms with E-state index in [1.54, 1.807) is 6.20 Å². The lowest BCUT2D eigenvalue weighted by Gasteiger charge is -2.31. The van der Waals surface area contributed by atoms with E-state index >= 15 is 0 Å². The molecule has 0 fully saturated rings. The first-order valence-corrected chi connectivity index (χ1v) is 10.5. The van der Waals surface area contributed by atoms with Crippen LogP contribution in [0, 0.1) is 0 Å². The number of fused-ring (bicyclic) bond motifs is 3. The van der Waals surface area contributed by atoms with Crippen LogP contribution < -0.4 is 4.74 Å². The third-order valence-electron chi connectivity index (χ3n) is 5.63. The molecule has 0 saturated heterocycles. The Bertz CT molecular complexity index is 1240. The Morgan fingerprint density at radius 1 is 1.19 bits per heavy atom. The molecule has 1 aromatic heterocycles. The normalized spacial score (nSPS) is 14.8. The first kappa shape index (κ1) is 19.5. The molecule has 0 amide bonds. The van der Waals surface area contributed by atoms with E-state index in [-0.39, 0.29) is 6.61 Å². The van der Waals surface area contributed by atoms with Crippen LogP contribution in [-0.2, 0) is 22.5 Å². The fourth-order valence-corrected chi connectivity index (χ4v) is 4.44. The van der Waals surface area contributed by atoms with Crippen molar-refractivity contribution in [1.82, 2.24) is 9.47 Å². The summed E-state index contributed by atoms with van der Waals surface area (Å²) in [6.45, 7) is 1.50. The van der Waals surface area contributed by atoms with Crippen molar-refractivity contribution in [2.75, 3.05) is 20.3 Å². The third-order valence-corrected chi connectivity index (χ3v) is 6.08. The van der Waals surface area contributed by atoms with Crippen LogP contribution in [0.25, 0.3) is 10.9 Å². The summed E-state index contributed by atoms with van der Waals surface area (Å²) >= 11 is 5.97. The Hall–Kier alpha value is -3.45. The zero-order valence-electron chi connectivity index (χ0n) is 17.1. The first-order valence-electron chi connectivity index (χ1n) is 10.1. The van der Waals surface area contributed by atoms with E-state index in [2.05, 4.69) is 43.5 Å². The van der Waals surface area contributed by atoms with Crippen LogP contribution in [0.4, 0.5) is 0 Å². The average Bonchev–Trinajstić information content (AvgIpc) is 3.08. The second-order valence-corrected chi connectivity index (χ2v) is 7.86. The number of thiocarbonyl (C=S) groups is 1. The lowest BCUT2D eigenvalue weighted by atomic mass is 10.0. The van der Waals surface area contributed by atoms with Gasteiger partial charge in [0.1, 0.15) is 16.6 Å². The number of benzene rings is 2. The van der Waals surface area contributed by atoms with E-state index in [0.29, 0.717) is 5.75 Å². The smallest absolute Gasteiger partial charge is 0.343 e. The van der Waals surface area contributed by atoms with Gasteiger partial charge in [0, 0.05) is 24.7 Å². The molecule has 3 heterocycles. The number of carbonyl (C=O) groups is 1. The van der Waals surface area contributed by atoms with Gasteiger partial charge in [0.25, 0.3) is 0 Å². The highest BCUT2D eigenvalue weighted by Gasteiger charge is 2.30. The van der Waals surface area contributed by atoms with Crippen LogP contribution in [0.5, 0.6) is 5.75 Å².